The molecular formula is C11H16N2O5. The molecule has 0 aromatic carbocycles. The predicted octanol–water partition coefficient (Wildman–Crippen LogP) is 0.755. The smallest absolute Gasteiger partial charge is 0.378 e. The molecule has 0 aliphatic carbocycles. The summed E-state index contributed by atoms with van der Waals surface area (Å²) in [6.07, 6.45) is -0.0775. The van der Waals surface area contributed by atoms with E-state index in [1.165, 1.54) is 20.1 Å². The number of esters is 1. The Morgan fingerprint density at radius 2 is 2.28 bits per heavy atom. The normalized spacial score (nSPS) is 11.7. The maximum Gasteiger partial charge on any atom is 0.378 e. The third-order valence-corrected chi connectivity index (χ3v) is 2.10. The lowest BCUT2D eigenvalue weighted by atomic mass is 10.3. The van der Waals surface area contributed by atoms with Crippen molar-refractivity contribution in [3.05, 3.63) is 11.8 Å². The Labute approximate surface area is 104 Å². The lowest BCUT2D eigenvalue weighted by molar-refractivity contribution is -0.129. The fourth-order valence-corrected chi connectivity index (χ4v) is 1.12. The molecule has 1 heterocycles. The second-order valence-electron chi connectivity index (χ2n) is 3.57. The van der Waals surface area contributed by atoms with Crippen molar-refractivity contribution in [3.8, 4) is 5.88 Å². The summed E-state index contributed by atoms with van der Waals surface area (Å²) in [5.74, 6) is -1.05. The van der Waals surface area contributed by atoms with Crippen LogP contribution in [0.15, 0.2) is 10.6 Å². The number of carbonyl (C=O) groups is 2. The molecule has 0 fully saturated rings. The van der Waals surface area contributed by atoms with Gasteiger partial charge in [0.25, 0.3) is 11.8 Å². The molecule has 1 aromatic rings. The van der Waals surface area contributed by atoms with E-state index in [-0.39, 0.29) is 17.5 Å². The van der Waals surface area contributed by atoms with Crippen LogP contribution in [0, 0.1) is 0 Å². The average Bonchev–Trinajstić information content (AvgIpc) is 2.84. The molecule has 0 unspecified atom stereocenters. The monoisotopic (exact) mass is 256 g/mol. The van der Waals surface area contributed by atoms with Crippen LogP contribution in [0.2, 0.25) is 0 Å². The van der Waals surface area contributed by atoms with Crippen LogP contribution in [-0.4, -0.2) is 36.8 Å². The summed E-state index contributed by atoms with van der Waals surface area (Å²) >= 11 is 0. The molecule has 7 heteroatoms. The minimum Gasteiger partial charge on any atom is -0.479 e. The van der Waals surface area contributed by atoms with Crippen LogP contribution in [0.25, 0.3) is 0 Å². The summed E-state index contributed by atoms with van der Waals surface area (Å²) in [6, 6.07) is 1.29. The summed E-state index contributed by atoms with van der Waals surface area (Å²) in [4.78, 5) is 23.0. The van der Waals surface area contributed by atoms with E-state index in [1.807, 2.05) is 6.92 Å². The second kappa shape index (κ2) is 6.63. The number of ether oxygens (including phenoxy) is 2. The predicted molar refractivity (Wildman–Crippen MR) is 61.2 cm³/mol. The first-order chi connectivity index (χ1) is 8.58. The largest absolute Gasteiger partial charge is 0.479 e. The molecule has 1 amide bonds. The maximum atomic E-state index is 11.6. The Morgan fingerprint density at radius 3 is 2.83 bits per heavy atom. The first kappa shape index (κ1) is 14.0. The van der Waals surface area contributed by atoms with Crippen LogP contribution in [0.4, 0.5) is 0 Å². The van der Waals surface area contributed by atoms with Gasteiger partial charge in [0.15, 0.2) is 6.10 Å². The first-order valence-corrected chi connectivity index (χ1v) is 5.57. The highest BCUT2D eigenvalue weighted by Gasteiger charge is 2.21. The first-order valence-electron chi connectivity index (χ1n) is 5.57. The van der Waals surface area contributed by atoms with Crippen LogP contribution in [-0.2, 0) is 9.53 Å². The molecular weight excluding hydrogens is 240 g/mol. The Hall–Kier alpha value is -2.05. The fraction of sp³-hybridized carbons (Fsp3) is 0.545. The minimum absolute atomic E-state index is 0.109. The van der Waals surface area contributed by atoms with Crippen molar-refractivity contribution in [2.24, 2.45) is 0 Å². The van der Waals surface area contributed by atoms with Crippen molar-refractivity contribution >= 4 is 11.9 Å². The Morgan fingerprint density at radius 1 is 1.56 bits per heavy atom. The van der Waals surface area contributed by atoms with E-state index in [1.54, 1.807) is 0 Å². The zero-order valence-corrected chi connectivity index (χ0v) is 10.6. The maximum absolute atomic E-state index is 11.6. The molecule has 0 saturated heterocycles. The van der Waals surface area contributed by atoms with Gasteiger partial charge in [-0.15, -0.1) is 0 Å². The summed E-state index contributed by atoms with van der Waals surface area (Å²) < 4.78 is 14.4. The van der Waals surface area contributed by atoms with Crippen LogP contribution in [0.1, 0.15) is 30.8 Å². The quantitative estimate of drug-likeness (QED) is 0.755. The molecule has 0 aliphatic rings. The van der Waals surface area contributed by atoms with Crippen molar-refractivity contribution in [3.63, 3.8) is 0 Å². The zero-order valence-electron chi connectivity index (χ0n) is 10.6. The number of aromatic nitrogens is 1. The van der Waals surface area contributed by atoms with Gasteiger partial charge in [0, 0.05) is 6.54 Å². The molecule has 1 atom stereocenters. The van der Waals surface area contributed by atoms with Crippen LogP contribution >= 0.6 is 0 Å². The van der Waals surface area contributed by atoms with E-state index in [0.29, 0.717) is 6.54 Å². The number of nitrogens with zero attached hydrogens (tertiary/aromatic N) is 1. The van der Waals surface area contributed by atoms with Gasteiger partial charge in [-0.1, -0.05) is 6.92 Å². The molecule has 0 saturated carbocycles. The number of methoxy groups -OCH3 is 1. The lowest BCUT2D eigenvalue weighted by Crippen LogP contribution is -2.36. The topological polar surface area (TPSA) is 90.7 Å². The molecule has 0 aliphatic heterocycles. The van der Waals surface area contributed by atoms with Crippen molar-refractivity contribution in [1.82, 2.24) is 10.5 Å². The third kappa shape index (κ3) is 3.76. The van der Waals surface area contributed by atoms with Crippen molar-refractivity contribution < 1.29 is 23.6 Å². The Kier molecular flexibility index (Phi) is 5.16. The number of amides is 1. The van der Waals surface area contributed by atoms with Crippen molar-refractivity contribution in [2.75, 3.05) is 13.7 Å². The molecule has 18 heavy (non-hydrogen) atoms. The number of hydrogen-bond acceptors (Lipinski definition) is 6. The number of rotatable bonds is 6. The van der Waals surface area contributed by atoms with Gasteiger partial charge in [-0.3, -0.25) is 4.79 Å². The van der Waals surface area contributed by atoms with Gasteiger partial charge in [-0.25, -0.2) is 4.79 Å². The molecule has 100 valence electrons. The Bertz CT molecular complexity index is 415. The van der Waals surface area contributed by atoms with E-state index >= 15 is 0 Å². The molecule has 1 aromatic heterocycles. The minimum atomic E-state index is -0.889. The van der Waals surface area contributed by atoms with Gasteiger partial charge in [0.05, 0.1) is 13.2 Å². The van der Waals surface area contributed by atoms with E-state index in [0.717, 1.165) is 6.42 Å². The summed E-state index contributed by atoms with van der Waals surface area (Å²) in [5.41, 5.74) is 0. The summed E-state index contributed by atoms with van der Waals surface area (Å²) in [5, 5.41) is 6.08. The average molecular weight is 256 g/mol. The van der Waals surface area contributed by atoms with E-state index < -0.39 is 12.1 Å². The molecule has 0 bridgehead atoms. The number of nitrogens with one attached hydrogen (secondary N) is 1. The van der Waals surface area contributed by atoms with Crippen LogP contribution in [0.5, 0.6) is 5.88 Å². The third-order valence-electron chi connectivity index (χ3n) is 2.10. The number of hydrogen-bond donors (Lipinski definition) is 1. The standard InChI is InChI=1S/C11H16N2O5/c1-4-5-12-10(14)7(2)17-11(15)8-6-9(16-3)13-18-8/h6-7H,4-5H2,1-3H3,(H,12,14)/t7-/m1/s1. The second-order valence-corrected chi connectivity index (χ2v) is 3.57. The molecule has 0 spiro atoms. The highest BCUT2D eigenvalue weighted by Crippen LogP contribution is 2.12. The molecule has 0 radical (unpaired) electrons. The van der Waals surface area contributed by atoms with E-state index in [2.05, 4.69) is 10.5 Å². The zero-order chi connectivity index (χ0) is 13.5. The van der Waals surface area contributed by atoms with Crippen molar-refractivity contribution in [2.45, 2.75) is 26.4 Å². The van der Waals surface area contributed by atoms with Crippen LogP contribution in [0.3, 0.4) is 0 Å². The van der Waals surface area contributed by atoms with Gasteiger partial charge in [0.1, 0.15) is 0 Å². The van der Waals surface area contributed by atoms with Crippen LogP contribution < -0.4 is 10.1 Å². The number of carbonyl (C=O) groups excluding carboxylic acids is 2. The molecule has 1 N–H and O–H groups in total. The van der Waals surface area contributed by atoms with Gasteiger partial charge in [0.2, 0.25) is 5.76 Å². The SMILES string of the molecule is CCCNC(=O)[C@@H](C)OC(=O)c1cc(OC)no1. The van der Waals surface area contributed by atoms with Gasteiger partial charge < -0.3 is 19.3 Å². The van der Waals surface area contributed by atoms with E-state index in [4.69, 9.17) is 14.0 Å². The summed E-state index contributed by atoms with van der Waals surface area (Å²) in [7, 11) is 1.40. The van der Waals surface area contributed by atoms with Gasteiger partial charge in [-0.05, 0) is 18.5 Å². The fourth-order valence-electron chi connectivity index (χ4n) is 1.12. The van der Waals surface area contributed by atoms with E-state index in [9.17, 15) is 9.59 Å². The van der Waals surface area contributed by atoms with Gasteiger partial charge in [-0.2, -0.15) is 0 Å². The summed E-state index contributed by atoms with van der Waals surface area (Å²) in [6.45, 7) is 3.95. The lowest BCUT2D eigenvalue weighted by Gasteiger charge is -2.11. The highest BCUT2D eigenvalue weighted by molar-refractivity contribution is 5.90. The molecule has 1 rings (SSSR count). The Balaban J connectivity index is 2.51. The van der Waals surface area contributed by atoms with Gasteiger partial charge >= 0.3 is 5.97 Å². The highest BCUT2D eigenvalue weighted by atomic mass is 16.6. The molecule has 7 nitrogen and oxygen atoms in total. The van der Waals surface area contributed by atoms with Crippen molar-refractivity contribution in [1.29, 1.82) is 0 Å².